The van der Waals surface area contributed by atoms with E-state index in [4.69, 9.17) is 5.73 Å². The summed E-state index contributed by atoms with van der Waals surface area (Å²) in [6, 6.07) is 5.31. The number of aromatic nitrogens is 1. The molecule has 0 spiro atoms. The second-order valence-electron chi connectivity index (χ2n) is 3.22. The molecule has 0 aliphatic carbocycles. The Morgan fingerprint density at radius 1 is 1.12 bits per heavy atom. The molecule has 1 aromatic heterocycles. The lowest BCUT2D eigenvalue weighted by molar-refractivity contribution is 0.588. The number of anilines is 1. The van der Waals surface area contributed by atoms with Gasteiger partial charge in [-0.05, 0) is 39.7 Å². The van der Waals surface area contributed by atoms with E-state index < -0.39 is 11.6 Å². The van der Waals surface area contributed by atoms with Crippen molar-refractivity contribution in [3.8, 4) is 11.1 Å². The molecule has 2 N–H and O–H groups in total. The molecule has 0 amide bonds. The Morgan fingerprint density at radius 3 is 2.56 bits per heavy atom. The zero-order chi connectivity index (χ0) is 11.7. The molecule has 1 aromatic carbocycles. The minimum absolute atomic E-state index is 0.0793. The third kappa shape index (κ3) is 2.04. The first-order chi connectivity index (χ1) is 7.58. The molecular formula is C11H7BrF2N2. The minimum atomic E-state index is -0.755. The maximum absolute atomic E-state index is 13.5. The number of pyridine rings is 1. The summed E-state index contributed by atoms with van der Waals surface area (Å²) in [4.78, 5) is 3.92. The van der Waals surface area contributed by atoms with Gasteiger partial charge in [0.15, 0.2) is 0 Å². The van der Waals surface area contributed by atoms with Gasteiger partial charge in [-0.1, -0.05) is 0 Å². The maximum atomic E-state index is 13.5. The van der Waals surface area contributed by atoms with Gasteiger partial charge in [0, 0.05) is 17.8 Å². The molecule has 0 radical (unpaired) electrons. The predicted octanol–water partition coefficient (Wildman–Crippen LogP) is 3.37. The predicted molar refractivity (Wildman–Crippen MR) is 61.7 cm³/mol. The number of hydrogen-bond donors (Lipinski definition) is 1. The van der Waals surface area contributed by atoms with E-state index in [2.05, 4.69) is 20.9 Å². The van der Waals surface area contributed by atoms with Gasteiger partial charge >= 0.3 is 0 Å². The van der Waals surface area contributed by atoms with Crippen molar-refractivity contribution in [2.75, 3.05) is 5.73 Å². The van der Waals surface area contributed by atoms with Gasteiger partial charge in [-0.3, -0.25) is 0 Å². The highest BCUT2D eigenvalue weighted by molar-refractivity contribution is 9.10. The molecule has 0 aliphatic heterocycles. The lowest BCUT2D eigenvalue weighted by Crippen LogP contribution is -1.94. The van der Waals surface area contributed by atoms with E-state index in [1.165, 1.54) is 12.3 Å². The molecule has 2 rings (SSSR count). The molecule has 0 atom stereocenters. The van der Waals surface area contributed by atoms with E-state index in [-0.39, 0.29) is 11.3 Å². The minimum Gasteiger partial charge on any atom is -0.396 e. The quantitative estimate of drug-likeness (QED) is 0.644. The van der Waals surface area contributed by atoms with Crippen LogP contribution in [0.1, 0.15) is 0 Å². The van der Waals surface area contributed by atoms with Gasteiger partial charge in [0.2, 0.25) is 0 Å². The highest BCUT2D eigenvalue weighted by Gasteiger charge is 2.10. The molecule has 16 heavy (non-hydrogen) atoms. The van der Waals surface area contributed by atoms with Crippen molar-refractivity contribution in [3.05, 3.63) is 46.7 Å². The Balaban J connectivity index is 2.60. The summed E-state index contributed by atoms with van der Waals surface area (Å²) in [5, 5.41) is 0. The second kappa shape index (κ2) is 4.17. The lowest BCUT2D eigenvalue weighted by Gasteiger charge is -2.05. The van der Waals surface area contributed by atoms with Gasteiger partial charge in [-0.15, -0.1) is 0 Å². The van der Waals surface area contributed by atoms with Crippen LogP contribution in [0.4, 0.5) is 14.5 Å². The van der Waals surface area contributed by atoms with Gasteiger partial charge in [0.1, 0.15) is 16.2 Å². The summed E-state index contributed by atoms with van der Waals surface area (Å²) >= 11 is 3.18. The summed E-state index contributed by atoms with van der Waals surface area (Å²) in [5.74, 6) is -1.40. The lowest BCUT2D eigenvalue weighted by atomic mass is 10.1. The molecule has 5 heteroatoms. The fourth-order valence-corrected chi connectivity index (χ4v) is 1.72. The van der Waals surface area contributed by atoms with E-state index in [0.717, 1.165) is 6.07 Å². The number of rotatable bonds is 1. The first kappa shape index (κ1) is 11.0. The van der Waals surface area contributed by atoms with Gasteiger partial charge in [0.25, 0.3) is 0 Å². The topological polar surface area (TPSA) is 38.9 Å². The maximum Gasteiger partial charge on any atom is 0.149 e. The van der Waals surface area contributed by atoms with Gasteiger partial charge in [-0.25, -0.2) is 13.8 Å². The van der Waals surface area contributed by atoms with Crippen molar-refractivity contribution in [1.82, 2.24) is 4.98 Å². The normalized spacial score (nSPS) is 10.4. The van der Waals surface area contributed by atoms with Gasteiger partial charge in [-0.2, -0.15) is 0 Å². The monoisotopic (exact) mass is 284 g/mol. The Labute approximate surface area is 99.2 Å². The molecule has 1 heterocycles. The Morgan fingerprint density at radius 2 is 1.88 bits per heavy atom. The molecule has 2 nitrogen and oxygen atoms in total. The molecule has 0 unspecified atom stereocenters. The van der Waals surface area contributed by atoms with Crippen molar-refractivity contribution in [2.45, 2.75) is 0 Å². The average Bonchev–Trinajstić information content (AvgIpc) is 2.23. The largest absolute Gasteiger partial charge is 0.396 e. The van der Waals surface area contributed by atoms with Crippen LogP contribution in [0.5, 0.6) is 0 Å². The van der Waals surface area contributed by atoms with E-state index in [1.807, 2.05) is 0 Å². The van der Waals surface area contributed by atoms with Crippen LogP contribution in [0.3, 0.4) is 0 Å². The molecule has 82 valence electrons. The standard InChI is InChI=1S/C11H7BrF2N2/c12-11-3-6(1-2-16-11)7-4-10(15)9(14)5-8(7)13/h1-5H,15H2. The number of benzene rings is 1. The fraction of sp³-hybridized carbons (Fsp3) is 0. The second-order valence-corrected chi connectivity index (χ2v) is 4.03. The zero-order valence-corrected chi connectivity index (χ0v) is 9.63. The number of nitrogens with zero attached hydrogens (tertiary/aromatic N) is 1. The Hall–Kier alpha value is -1.49. The summed E-state index contributed by atoms with van der Waals surface area (Å²) in [5.41, 5.74) is 6.16. The third-order valence-electron chi connectivity index (χ3n) is 2.12. The fourth-order valence-electron chi connectivity index (χ4n) is 1.36. The van der Waals surface area contributed by atoms with Crippen LogP contribution in [0, 0.1) is 11.6 Å². The van der Waals surface area contributed by atoms with Crippen LogP contribution in [-0.4, -0.2) is 4.98 Å². The average molecular weight is 285 g/mol. The number of nitrogens with two attached hydrogens (primary N) is 1. The summed E-state index contributed by atoms with van der Waals surface area (Å²) < 4.78 is 27.1. The zero-order valence-electron chi connectivity index (χ0n) is 8.05. The van der Waals surface area contributed by atoms with Crippen molar-refractivity contribution in [2.24, 2.45) is 0 Å². The number of halogens is 3. The number of hydrogen-bond acceptors (Lipinski definition) is 2. The van der Waals surface area contributed by atoms with Crippen molar-refractivity contribution in [3.63, 3.8) is 0 Å². The Kier molecular flexibility index (Phi) is 2.87. The van der Waals surface area contributed by atoms with Crippen LogP contribution in [0.15, 0.2) is 35.1 Å². The molecule has 2 aromatic rings. The molecular weight excluding hydrogens is 278 g/mol. The SMILES string of the molecule is Nc1cc(-c2ccnc(Br)c2)c(F)cc1F. The van der Waals surface area contributed by atoms with Crippen molar-refractivity contribution < 1.29 is 8.78 Å². The van der Waals surface area contributed by atoms with Crippen LogP contribution >= 0.6 is 15.9 Å². The first-order valence-electron chi connectivity index (χ1n) is 4.44. The van der Waals surface area contributed by atoms with E-state index in [9.17, 15) is 8.78 Å². The smallest absolute Gasteiger partial charge is 0.149 e. The molecule has 0 saturated carbocycles. The van der Waals surface area contributed by atoms with Crippen LogP contribution in [0.25, 0.3) is 11.1 Å². The van der Waals surface area contributed by atoms with E-state index in [0.29, 0.717) is 10.2 Å². The Bertz CT molecular complexity index is 544. The highest BCUT2D eigenvalue weighted by atomic mass is 79.9. The number of nitrogen functional groups attached to an aromatic ring is 1. The first-order valence-corrected chi connectivity index (χ1v) is 5.23. The van der Waals surface area contributed by atoms with Crippen LogP contribution < -0.4 is 5.73 Å². The van der Waals surface area contributed by atoms with E-state index in [1.54, 1.807) is 12.1 Å². The van der Waals surface area contributed by atoms with Gasteiger partial charge in [0.05, 0.1) is 5.69 Å². The van der Waals surface area contributed by atoms with Crippen molar-refractivity contribution >= 4 is 21.6 Å². The highest BCUT2D eigenvalue weighted by Crippen LogP contribution is 2.27. The summed E-state index contributed by atoms with van der Waals surface area (Å²) in [6.07, 6.45) is 1.53. The van der Waals surface area contributed by atoms with Crippen molar-refractivity contribution in [1.29, 1.82) is 0 Å². The van der Waals surface area contributed by atoms with Gasteiger partial charge < -0.3 is 5.73 Å². The van der Waals surface area contributed by atoms with Crippen LogP contribution in [0.2, 0.25) is 0 Å². The van der Waals surface area contributed by atoms with Crippen LogP contribution in [-0.2, 0) is 0 Å². The molecule has 0 bridgehead atoms. The molecule has 0 aliphatic rings. The molecule has 0 saturated heterocycles. The summed E-state index contributed by atoms with van der Waals surface area (Å²) in [6.45, 7) is 0. The van der Waals surface area contributed by atoms with E-state index >= 15 is 0 Å². The summed E-state index contributed by atoms with van der Waals surface area (Å²) in [7, 11) is 0. The molecule has 0 fully saturated rings. The third-order valence-corrected chi connectivity index (χ3v) is 2.56.